The van der Waals surface area contributed by atoms with Crippen LogP contribution in [0.15, 0.2) is 102 Å². The number of nitrogens with zero attached hydrogens (tertiary/aromatic N) is 2. The number of ether oxygens (including phenoxy) is 1. The van der Waals surface area contributed by atoms with Gasteiger partial charge in [-0.25, -0.2) is 0 Å². The van der Waals surface area contributed by atoms with Crippen LogP contribution in [0.1, 0.15) is 44.4 Å². The SMILES string of the molecule is Cc1ccc(C(=O)c2ccc(Oc3ccc(C4=NN(C)C(O)c5ccccc54)cc3)cc2)cc1. The Hall–Kier alpha value is -4.22. The lowest BCUT2D eigenvalue weighted by atomic mass is 9.95. The minimum absolute atomic E-state index is 0.0143. The average molecular weight is 449 g/mol. The molecule has 4 aromatic carbocycles. The van der Waals surface area contributed by atoms with Crippen LogP contribution >= 0.6 is 0 Å². The molecule has 1 heterocycles. The molecule has 1 aliphatic heterocycles. The Balaban J connectivity index is 1.32. The van der Waals surface area contributed by atoms with Gasteiger partial charge in [0.1, 0.15) is 11.5 Å². The van der Waals surface area contributed by atoms with Gasteiger partial charge in [0.15, 0.2) is 12.0 Å². The molecule has 0 bridgehead atoms. The lowest BCUT2D eigenvalue weighted by Gasteiger charge is -2.29. The average Bonchev–Trinajstić information content (AvgIpc) is 2.87. The van der Waals surface area contributed by atoms with E-state index in [0.717, 1.165) is 28.0 Å². The van der Waals surface area contributed by atoms with Gasteiger partial charge in [-0.05, 0) is 55.5 Å². The first-order valence-corrected chi connectivity index (χ1v) is 11.1. The van der Waals surface area contributed by atoms with Crippen molar-refractivity contribution in [3.63, 3.8) is 0 Å². The first-order valence-electron chi connectivity index (χ1n) is 11.1. The lowest BCUT2D eigenvalue weighted by Crippen LogP contribution is -2.28. The summed E-state index contributed by atoms with van der Waals surface area (Å²) in [6.45, 7) is 2.00. The van der Waals surface area contributed by atoms with E-state index in [0.29, 0.717) is 22.6 Å². The minimum atomic E-state index is -0.761. The maximum absolute atomic E-state index is 12.7. The van der Waals surface area contributed by atoms with Crippen molar-refractivity contribution in [1.82, 2.24) is 5.01 Å². The summed E-state index contributed by atoms with van der Waals surface area (Å²) >= 11 is 0. The van der Waals surface area contributed by atoms with E-state index in [-0.39, 0.29) is 5.78 Å². The molecule has 34 heavy (non-hydrogen) atoms. The Morgan fingerprint density at radius 1 is 0.824 bits per heavy atom. The smallest absolute Gasteiger partial charge is 0.193 e. The van der Waals surface area contributed by atoms with Crippen LogP contribution in [0.5, 0.6) is 11.5 Å². The second kappa shape index (κ2) is 8.96. The highest BCUT2D eigenvalue weighted by atomic mass is 16.5. The molecule has 5 heteroatoms. The van der Waals surface area contributed by atoms with Crippen molar-refractivity contribution in [2.24, 2.45) is 5.10 Å². The highest BCUT2D eigenvalue weighted by Crippen LogP contribution is 2.30. The zero-order chi connectivity index (χ0) is 23.7. The predicted molar refractivity (Wildman–Crippen MR) is 132 cm³/mol. The molecule has 0 saturated carbocycles. The molecule has 1 unspecified atom stereocenters. The van der Waals surface area contributed by atoms with Crippen LogP contribution in [-0.2, 0) is 0 Å². The summed E-state index contributed by atoms with van der Waals surface area (Å²) in [5, 5.41) is 16.5. The maximum Gasteiger partial charge on any atom is 0.193 e. The molecule has 5 rings (SSSR count). The van der Waals surface area contributed by atoms with Crippen LogP contribution in [0.3, 0.4) is 0 Å². The van der Waals surface area contributed by atoms with Crippen LogP contribution in [0.4, 0.5) is 0 Å². The fourth-order valence-electron chi connectivity index (χ4n) is 3.98. The standard InChI is InChI=1S/C29H24N2O3/c1-19-7-9-21(10-8-19)28(32)22-13-17-24(18-14-22)34-23-15-11-20(12-16-23)27-25-5-3-4-6-26(25)29(33)31(2)30-27/h3-18,29,33H,1-2H3. The molecule has 0 aromatic heterocycles. The van der Waals surface area contributed by atoms with Crippen molar-refractivity contribution in [1.29, 1.82) is 0 Å². The summed E-state index contributed by atoms with van der Waals surface area (Å²) in [7, 11) is 1.76. The van der Waals surface area contributed by atoms with Gasteiger partial charge in [-0.3, -0.25) is 9.80 Å². The molecule has 4 aromatic rings. The van der Waals surface area contributed by atoms with Crippen LogP contribution in [-0.4, -0.2) is 28.7 Å². The Morgan fingerprint density at radius 2 is 1.38 bits per heavy atom. The van der Waals surface area contributed by atoms with Gasteiger partial charge >= 0.3 is 0 Å². The van der Waals surface area contributed by atoms with E-state index in [1.807, 2.05) is 79.7 Å². The monoisotopic (exact) mass is 448 g/mol. The number of hydrazone groups is 1. The Kier molecular flexibility index (Phi) is 5.70. The molecular formula is C29H24N2O3. The summed E-state index contributed by atoms with van der Waals surface area (Å²) in [5.74, 6) is 1.32. The van der Waals surface area contributed by atoms with Crippen LogP contribution in [0.2, 0.25) is 0 Å². The van der Waals surface area contributed by atoms with Crippen molar-refractivity contribution in [3.05, 3.63) is 130 Å². The Morgan fingerprint density at radius 3 is 2.03 bits per heavy atom. The van der Waals surface area contributed by atoms with Crippen molar-refractivity contribution in [2.45, 2.75) is 13.2 Å². The van der Waals surface area contributed by atoms with E-state index in [4.69, 9.17) is 4.74 Å². The Labute approximate surface area is 198 Å². The molecule has 0 radical (unpaired) electrons. The second-order valence-corrected chi connectivity index (χ2v) is 8.33. The number of rotatable bonds is 5. The van der Waals surface area contributed by atoms with Crippen molar-refractivity contribution < 1.29 is 14.6 Å². The lowest BCUT2D eigenvalue weighted by molar-refractivity contribution is 0.0198. The van der Waals surface area contributed by atoms with Gasteiger partial charge in [0, 0.05) is 34.9 Å². The number of carbonyl (C=O) groups excluding carboxylic acids is 1. The highest BCUT2D eigenvalue weighted by molar-refractivity contribution is 6.14. The number of aliphatic hydroxyl groups excluding tert-OH is 1. The number of benzene rings is 4. The summed E-state index contributed by atoms with van der Waals surface area (Å²) in [5.41, 5.74) is 5.88. The van der Waals surface area contributed by atoms with E-state index in [9.17, 15) is 9.90 Å². The first kappa shape index (κ1) is 21.6. The van der Waals surface area contributed by atoms with Crippen LogP contribution < -0.4 is 4.74 Å². The van der Waals surface area contributed by atoms with E-state index >= 15 is 0 Å². The number of fused-ring (bicyclic) bond motifs is 1. The third kappa shape index (κ3) is 4.21. The van der Waals surface area contributed by atoms with Crippen molar-refractivity contribution >= 4 is 11.5 Å². The topological polar surface area (TPSA) is 62.1 Å². The molecule has 0 fully saturated rings. The van der Waals surface area contributed by atoms with Gasteiger partial charge in [-0.15, -0.1) is 0 Å². The third-order valence-corrected chi connectivity index (χ3v) is 5.90. The van der Waals surface area contributed by atoms with E-state index in [2.05, 4.69) is 5.10 Å². The fourth-order valence-corrected chi connectivity index (χ4v) is 3.98. The third-order valence-electron chi connectivity index (χ3n) is 5.90. The number of aliphatic hydroxyl groups is 1. The highest BCUT2D eigenvalue weighted by Gasteiger charge is 2.25. The van der Waals surface area contributed by atoms with E-state index in [1.165, 1.54) is 0 Å². The molecule has 0 spiro atoms. The molecule has 1 N–H and O–H groups in total. The quantitative estimate of drug-likeness (QED) is 0.398. The number of carbonyl (C=O) groups is 1. The van der Waals surface area contributed by atoms with Gasteiger partial charge < -0.3 is 9.84 Å². The normalized spacial score (nSPS) is 14.9. The van der Waals surface area contributed by atoms with Crippen molar-refractivity contribution in [2.75, 3.05) is 7.05 Å². The molecule has 168 valence electrons. The fraction of sp³-hybridized carbons (Fsp3) is 0.103. The van der Waals surface area contributed by atoms with Gasteiger partial charge in [0.05, 0.1) is 5.71 Å². The zero-order valence-electron chi connectivity index (χ0n) is 19.0. The van der Waals surface area contributed by atoms with Crippen LogP contribution in [0.25, 0.3) is 0 Å². The van der Waals surface area contributed by atoms with E-state index in [1.54, 1.807) is 36.3 Å². The summed E-state index contributed by atoms with van der Waals surface area (Å²) < 4.78 is 5.98. The maximum atomic E-state index is 12.7. The largest absolute Gasteiger partial charge is 0.457 e. The summed E-state index contributed by atoms with van der Waals surface area (Å²) in [6, 6.07) is 30.1. The molecule has 0 saturated heterocycles. The summed E-state index contributed by atoms with van der Waals surface area (Å²) in [6.07, 6.45) is -0.761. The second-order valence-electron chi connectivity index (χ2n) is 8.33. The molecule has 1 aliphatic rings. The molecule has 1 atom stereocenters. The zero-order valence-corrected chi connectivity index (χ0v) is 19.0. The first-order chi connectivity index (χ1) is 16.5. The number of hydrogen-bond donors (Lipinski definition) is 1. The molecule has 0 aliphatic carbocycles. The molecule has 5 nitrogen and oxygen atoms in total. The molecular weight excluding hydrogens is 424 g/mol. The number of ketones is 1. The minimum Gasteiger partial charge on any atom is -0.457 e. The van der Waals surface area contributed by atoms with E-state index < -0.39 is 6.23 Å². The Bertz CT molecular complexity index is 1360. The van der Waals surface area contributed by atoms with Gasteiger partial charge in [0.25, 0.3) is 0 Å². The predicted octanol–water partition coefficient (Wildman–Crippen LogP) is 5.71. The molecule has 0 amide bonds. The van der Waals surface area contributed by atoms with Gasteiger partial charge in [-0.1, -0.05) is 54.1 Å². The summed E-state index contributed by atoms with van der Waals surface area (Å²) in [4.78, 5) is 12.7. The number of aryl methyl sites for hydroxylation is 1. The van der Waals surface area contributed by atoms with Crippen LogP contribution in [0, 0.1) is 6.92 Å². The van der Waals surface area contributed by atoms with Gasteiger partial charge in [-0.2, -0.15) is 5.10 Å². The number of hydrogen-bond acceptors (Lipinski definition) is 5. The van der Waals surface area contributed by atoms with Crippen molar-refractivity contribution in [3.8, 4) is 11.5 Å². The van der Waals surface area contributed by atoms with Gasteiger partial charge in [0.2, 0.25) is 0 Å².